The minimum atomic E-state index is -0.360. The standard InChI is InChI=1S/C15H24N2O/c1-5-10-16-11-12-6-8-13(9-7-12)17-14(18)15(2,3)4/h6-9,16H,5,10-11H2,1-4H3,(H,17,18). The molecular weight excluding hydrogens is 224 g/mol. The van der Waals surface area contributed by atoms with Crippen molar-refractivity contribution in [3.63, 3.8) is 0 Å². The maximum Gasteiger partial charge on any atom is 0.229 e. The van der Waals surface area contributed by atoms with Crippen molar-refractivity contribution in [3.8, 4) is 0 Å². The first kappa shape index (κ1) is 14.7. The zero-order valence-electron chi connectivity index (χ0n) is 11.8. The summed E-state index contributed by atoms with van der Waals surface area (Å²) in [5, 5.41) is 6.27. The highest BCUT2D eigenvalue weighted by Gasteiger charge is 2.20. The summed E-state index contributed by atoms with van der Waals surface area (Å²) >= 11 is 0. The van der Waals surface area contributed by atoms with Gasteiger partial charge in [0, 0.05) is 17.6 Å². The van der Waals surface area contributed by atoms with E-state index in [0.29, 0.717) is 0 Å². The third-order valence-electron chi connectivity index (χ3n) is 2.65. The molecule has 0 saturated heterocycles. The van der Waals surface area contributed by atoms with E-state index in [9.17, 15) is 4.79 Å². The average molecular weight is 248 g/mol. The van der Waals surface area contributed by atoms with Gasteiger partial charge in [0.2, 0.25) is 5.91 Å². The molecule has 3 heteroatoms. The molecule has 1 aromatic rings. The van der Waals surface area contributed by atoms with E-state index in [4.69, 9.17) is 0 Å². The number of anilines is 1. The summed E-state index contributed by atoms with van der Waals surface area (Å²) in [5.74, 6) is 0.0411. The molecule has 18 heavy (non-hydrogen) atoms. The van der Waals surface area contributed by atoms with Gasteiger partial charge in [-0.25, -0.2) is 0 Å². The molecule has 0 aliphatic heterocycles. The second-order valence-electron chi connectivity index (χ2n) is 5.58. The summed E-state index contributed by atoms with van der Waals surface area (Å²) in [7, 11) is 0. The van der Waals surface area contributed by atoms with Crippen LogP contribution in [0.25, 0.3) is 0 Å². The average Bonchev–Trinajstić information content (AvgIpc) is 2.30. The molecule has 3 nitrogen and oxygen atoms in total. The zero-order chi connectivity index (χ0) is 13.6. The Hall–Kier alpha value is -1.35. The highest BCUT2D eigenvalue weighted by Crippen LogP contribution is 2.17. The Kier molecular flexibility index (Phi) is 5.35. The van der Waals surface area contributed by atoms with Gasteiger partial charge in [0.25, 0.3) is 0 Å². The molecule has 0 spiro atoms. The zero-order valence-corrected chi connectivity index (χ0v) is 11.8. The lowest BCUT2D eigenvalue weighted by molar-refractivity contribution is -0.123. The van der Waals surface area contributed by atoms with Crippen LogP contribution < -0.4 is 10.6 Å². The maximum atomic E-state index is 11.8. The van der Waals surface area contributed by atoms with Gasteiger partial charge in [0.15, 0.2) is 0 Å². The van der Waals surface area contributed by atoms with Crippen molar-refractivity contribution in [2.45, 2.75) is 40.7 Å². The molecule has 1 rings (SSSR count). The molecular formula is C15H24N2O. The van der Waals surface area contributed by atoms with E-state index < -0.39 is 0 Å². The monoisotopic (exact) mass is 248 g/mol. The Morgan fingerprint density at radius 1 is 1.17 bits per heavy atom. The van der Waals surface area contributed by atoms with Crippen molar-refractivity contribution in [1.82, 2.24) is 5.32 Å². The van der Waals surface area contributed by atoms with Crippen LogP contribution in [-0.4, -0.2) is 12.5 Å². The van der Waals surface area contributed by atoms with Gasteiger partial charge in [-0.1, -0.05) is 39.8 Å². The summed E-state index contributed by atoms with van der Waals surface area (Å²) in [4.78, 5) is 11.8. The first-order chi connectivity index (χ1) is 8.43. The number of hydrogen-bond donors (Lipinski definition) is 2. The van der Waals surface area contributed by atoms with Gasteiger partial charge in [-0.15, -0.1) is 0 Å². The molecule has 0 heterocycles. The Bertz CT molecular complexity index is 376. The lowest BCUT2D eigenvalue weighted by Crippen LogP contribution is -2.27. The van der Waals surface area contributed by atoms with Gasteiger partial charge in [0.05, 0.1) is 0 Å². The fourth-order valence-electron chi connectivity index (χ4n) is 1.43. The van der Waals surface area contributed by atoms with Gasteiger partial charge >= 0.3 is 0 Å². The Morgan fingerprint density at radius 2 is 1.78 bits per heavy atom. The van der Waals surface area contributed by atoms with Crippen LogP contribution in [0.1, 0.15) is 39.7 Å². The predicted molar refractivity (Wildman–Crippen MR) is 76.5 cm³/mol. The Balaban J connectivity index is 2.53. The molecule has 0 radical (unpaired) electrons. The summed E-state index contributed by atoms with van der Waals surface area (Å²) in [6.07, 6.45) is 1.14. The summed E-state index contributed by atoms with van der Waals surface area (Å²) in [6, 6.07) is 7.99. The molecule has 2 N–H and O–H groups in total. The van der Waals surface area contributed by atoms with Crippen LogP contribution in [0.5, 0.6) is 0 Å². The van der Waals surface area contributed by atoms with Crippen LogP contribution in [0.3, 0.4) is 0 Å². The highest BCUT2D eigenvalue weighted by atomic mass is 16.2. The van der Waals surface area contributed by atoms with Gasteiger partial charge in [-0.05, 0) is 30.7 Å². The van der Waals surface area contributed by atoms with Gasteiger partial charge < -0.3 is 10.6 Å². The minimum Gasteiger partial charge on any atom is -0.326 e. The molecule has 0 aromatic heterocycles. The number of nitrogens with one attached hydrogen (secondary N) is 2. The van der Waals surface area contributed by atoms with Crippen LogP contribution in [0, 0.1) is 5.41 Å². The number of rotatable bonds is 5. The van der Waals surface area contributed by atoms with E-state index in [2.05, 4.69) is 17.6 Å². The van der Waals surface area contributed by atoms with Crippen molar-refractivity contribution in [2.24, 2.45) is 5.41 Å². The van der Waals surface area contributed by atoms with Crippen LogP contribution in [0.4, 0.5) is 5.69 Å². The fraction of sp³-hybridized carbons (Fsp3) is 0.533. The Labute approximate surface area is 110 Å². The van der Waals surface area contributed by atoms with E-state index in [1.807, 2.05) is 45.0 Å². The molecule has 1 aromatic carbocycles. The summed E-state index contributed by atoms with van der Waals surface area (Å²) in [5.41, 5.74) is 1.73. The quantitative estimate of drug-likeness (QED) is 0.786. The molecule has 0 aliphatic carbocycles. The first-order valence-electron chi connectivity index (χ1n) is 6.54. The number of amides is 1. The minimum absolute atomic E-state index is 0.0411. The molecule has 100 valence electrons. The SMILES string of the molecule is CCCNCc1ccc(NC(=O)C(C)(C)C)cc1. The first-order valence-corrected chi connectivity index (χ1v) is 6.54. The number of benzene rings is 1. The fourth-order valence-corrected chi connectivity index (χ4v) is 1.43. The third kappa shape index (κ3) is 4.88. The summed E-state index contributed by atoms with van der Waals surface area (Å²) < 4.78 is 0. The van der Waals surface area contributed by atoms with Crippen LogP contribution >= 0.6 is 0 Å². The van der Waals surface area contributed by atoms with Crippen molar-refractivity contribution in [1.29, 1.82) is 0 Å². The lowest BCUT2D eigenvalue weighted by Gasteiger charge is -2.17. The second-order valence-corrected chi connectivity index (χ2v) is 5.58. The third-order valence-corrected chi connectivity index (χ3v) is 2.65. The highest BCUT2D eigenvalue weighted by molar-refractivity contribution is 5.94. The van der Waals surface area contributed by atoms with E-state index in [1.165, 1.54) is 5.56 Å². The van der Waals surface area contributed by atoms with Crippen molar-refractivity contribution >= 4 is 11.6 Å². The van der Waals surface area contributed by atoms with E-state index >= 15 is 0 Å². The summed E-state index contributed by atoms with van der Waals surface area (Å²) in [6.45, 7) is 9.78. The van der Waals surface area contributed by atoms with Gasteiger partial charge in [-0.3, -0.25) is 4.79 Å². The van der Waals surface area contributed by atoms with Crippen molar-refractivity contribution in [3.05, 3.63) is 29.8 Å². The van der Waals surface area contributed by atoms with Crippen LogP contribution in [-0.2, 0) is 11.3 Å². The molecule has 0 unspecified atom stereocenters. The second kappa shape index (κ2) is 6.55. The molecule has 0 saturated carbocycles. The van der Waals surface area contributed by atoms with E-state index in [-0.39, 0.29) is 11.3 Å². The van der Waals surface area contributed by atoms with Crippen LogP contribution in [0.2, 0.25) is 0 Å². The van der Waals surface area contributed by atoms with E-state index in [0.717, 1.165) is 25.2 Å². The van der Waals surface area contributed by atoms with E-state index in [1.54, 1.807) is 0 Å². The number of carbonyl (C=O) groups excluding carboxylic acids is 1. The molecule has 1 amide bonds. The molecule has 0 aliphatic rings. The lowest BCUT2D eigenvalue weighted by atomic mass is 9.95. The number of carbonyl (C=O) groups is 1. The maximum absolute atomic E-state index is 11.8. The molecule has 0 atom stereocenters. The normalized spacial score (nSPS) is 11.3. The van der Waals surface area contributed by atoms with Gasteiger partial charge in [0.1, 0.15) is 0 Å². The predicted octanol–water partition coefficient (Wildman–Crippen LogP) is 3.17. The largest absolute Gasteiger partial charge is 0.326 e. The smallest absolute Gasteiger partial charge is 0.229 e. The van der Waals surface area contributed by atoms with Crippen molar-refractivity contribution in [2.75, 3.05) is 11.9 Å². The van der Waals surface area contributed by atoms with Crippen molar-refractivity contribution < 1.29 is 4.79 Å². The van der Waals surface area contributed by atoms with Gasteiger partial charge in [-0.2, -0.15) is 0 Å². The van der Waals surface area contributed by atoms with Crippen LogP contribution in [0.15, 0.2) is 24.3 Å². The Morgan fingerprint density at radius 3 is 2.28 bits per heavy atom. The molecule has 0 fully saturated rings. The topological polar surface area (TPSA) is 41.1 Å². The molecule has 0 bridgehead atoms. The number of hydrogen-bond acceptors (Lipinski definition) is 2.